The second kappa shape index (κ2) is 67.5. The van der Waals surface area contributed by atoms with Crippen molar-refractivity contribution in [1.82, 2.24) is 32.0 Å². The number of carbonyl (C=O) groups excluding carboxylic acids is 5. The van der Waals surface area contributed by atoms with E-state index in [2.05, 4.69) is 64.5 Å². The number of aliphatic hydroxyl groups excluding tert-OH is 1. The molecule has 0 saturated carbocycles. The molecule has 0 aromatic carbocycles. The summed E-state index contributed by atoms with van der Waals surface area (Å²) in [5, 5.41) is 25.0. The highest BCUT2D eigenvalue weighted by Crippen LogP contribution is 2.13. The summed E-state index contributed by atoms with van der Waals surface area (Å²) in [5.41, 5.74) is 2.51. The molecule has 0 aromatic rings. The van der Waals surface area contributed by atoms with Gasteiger partial charge in [0.25, 0.3) is 0 Å². The summed E-state index contributed by atoms with van der Waals surface area (Å²) in [6, 6.07) is -0.137. The van der Waals surface area contributed by atoms with E-state index in [0.29, 0.717) is 58.3 Å². The molecule has 0 aliphatic rings. The molecule has 0 aliphatic heterocycles. The molecule has 68 heavy (non-hydrogen) atoms. The Hall–Kier alpha value is -3.72. The Morgan fingerprint density at radius 3 is 1.44 bits per heavy atom. The Bertz CT molecular complexity index is 1110. The molecule has 0 saturated heterocycles. The standard InChI is InChI=1S/C24H47N5O8.C17H36N4O.C4H10.C2H4O.C2H6/c1-25-8-5-7-22(31)28-10-12-34-14-17-37-20-24(33)29-11-13-35-15-16-36-19-23(32)27-9-4-3-6-21(18-30)26-2;18-20-17(21-19)15-13-11-9-7-5-3-1-2-4-6-8-10-12-14-16-22;1-4(2)3;1-2-3;1-2/h18,21,25-26H,3-17,19-20H2,1-2H3,(H,27,32)(H,28,31)(H,29,33);16H,1-15,18-19H2,(H,20,21);4H,1-3H3;2-3H,1H2;1-2H3. The molecule has 0 bridgehead atoms. The summed E-state index contributed by atoms with van der Waals surface area (Å²) in [4.78, 5) is 55.7. The fourth-order valence-corrected chi connectivity index (χ4v) is 5.55. The largest absolute Gasteiger partial charge is 0.516 e. The Kier molecular flexibility index (Phi) is 72.8. The van der Waals surface area contributed by atoms with Crippen LogP contribution in [0, 0.1) is 5.92 Å². The van der Waals surface area contributed by atoms with Crippen LogP contribution in [0.25, 0.3) is 0 Å². The van der Waals surface area contributed by atoms with Gasteiger partial charge in [0.2, 0.25) is 17.7 Å². The molecule has 0 radical (unpaired) electrons. The maximum Gasteiger partial charge on any atom is 0.246 e. The molecule has 0 heterocycles. The Morgan fingerprint density at radius 2 is 1.03 bits per heavy atom. The van der Waals surface area contributed by atoms with Crippen LogP contribution in [0.5, 0.6) is 0 Å². The van der Waals surface area contributed by atoms with Crippen LogP contribution < -0.4 is 43.7 Å². The van der Waals surface area contributed by atoms with Crippen LogP contribution in [0.15, 0.2) is 17.9 Å². The molecular formula is C49H103N9O10. The lowest BCUT2D eigenvalue weighted by Crippen LogP contribution is -2.32. The number of ether oxygens (including phenoxy) is 4. The number of nitrogens with one attached hydrogen (secondary N) is 6. The number of hydrazine groups is 1. The number of likely N-dealkylation sites (N-methyl/N-ethyl adjacent to an activating group) is 1. The zero-order valence-electron chi connectivity index (χ0n) is 43.9. The number of nitrogens with zero attached hydrogens (tertiary/aromatic N) is 1. The molecule has 0 aromatic heterocycles. The number of nitrogens with two attached hydrogens (primary N) is 2. The number of carbonyl (C=O) groups is 5. The van der Waals surface area contributed by atoms with Gasteiger partial charge in [0, 0.05) is 38.9 Å². The van der Waals surface area contributed by atoms with Gasteiger partial charge in [-0.3, -0.25) is 14.4 Å². The Labute approximate surface area is 412 Å². The number of aliphatic hydroxyl groups is 1. The second-order valence-corrected chi connectivity index (χ2v) is 16.1. The molecule has 19 heteroatoms. The lowest BCUT2D eigenvalue weighted by atomic mass is 10.0. The van der Waals surface area contributed by atoms with Crippen LogP contribution in [0.1, 0.15) is 163 Å². The van der Waals surface area contributed by atoms with Crippen molar-refractivity contribution in [3.05, 3.63) is 12.8 Å². The van der Waals surface area contributed by atoms with Crippen LogP contribution in [0.2, 0.25) is 0 Å². The summed E-state index contributed by atoms with van der Waals surface area (Å²) in [5.74, 6) is 11.5. The van der Waals surface area contributed by atoms with Gasteiger partial charge in [0.15, 0.2) is 0 Å². The van der Waals surface area contributed by atoms with Crippen LogP contribution in [-0.2, 0) is 42.9 Å². The van der Waals surface area contributed by atoms with Gasteiger partial charge >= 0.3 is 0 Å². The molecule has 3 amide bonds. The van der Waals surface area contributed by atoms with E-state index in [9.17, 15) is 24.0 Å². The monoisotopic (exact) mass is 978 g/mol. The zero-order chi connectivity index (χ0) is 52.0. The lowest BCUT2D eigenvalue weighted by Gasteiger charge is -2.09. The number of amides is 3. The van der Waals surface area contributed by atoms with Crippen LogP contribution >= 0.6 is 0 Å². The maximum atomic E-state index is 11.7. The lowest BCUT2D eigenvalue weighted by molar-refractivity contribution is -0.127. The molecule has 0 fully saturated rings. The van der Waals surface area contributed by atoms with Gasteiger partial charge < -0.3 is 71.5 Å². The number of hydrazone groups is 1. The molecule has 1 atom stereocenters. The number of aldehydes is 2. The number of hydrogen-bond acceptors (Lipinski definition) is 15. The molecular weight excluding hydrogens is 875 g/mol. The summed E-state index contributed by atoms with van der Waals surface area (Å²) in [6.07, 6.45) is 24.6. The molecule has 404 valence electrons. The van der Waals surface area contributed by atoms with Crippen molar-refractivity contribution in [3.8, 4) is 0 Å². The van der Waals surface area contributed by atoms with E-state index in [0.717, 1.165) is 82.7 Å². The van der Waals surface area contributed by atoms with Crippen LogP contribution in [0.3, 0.4) is 0 Å². The fraction of sp³-hybridized carbons (Fsp3) is 0.837. The van der Waals surface area contributed by atoms with Crippen molar-refractivity contribution in [3.63, 3.8) is 0 Å². The molecule has 0 aliphatic carbocycles. The molecule has 1 unspecified atom stereocenters. The molecule has 0 rings (SSSR count). The summed E-state index contributed by atoms with van der Waals surface area (Å²) < 4.78 is 21.2. The smallest absolute Gasteiger partial charge is 0.246 e. The fourth-order valence-electron chi connectivity index (χ4n) is 5.55. The van der Waals surface area contributed by atoms with Gasteiger partial charge in [0.05, 0.1) is 51.9 Å². The summed E-state index contributed by atoms with van der Waals surface area (Å²) in [6.45, 7) is 17.3. The molecule has 19 nitrogen and oxygen atoms in total. The predicted molar refractivity (Wildman–Crippen MR) is 277 cm³/mol. The number of unbranched alkanes of at least 4 members (excludes halogenated alkanes) is 14. The van der Waals surface area contributed by atoms with Gasteiger partial charge in [-0.2, -0.15) is 5.10 Å². The third-order valence-electron chi connectivity index (χ3n) is 9.04. The Balaban J connectivity index is -0.000000359. The number of rotatable bonds is 43. The van der Waals surface area contributed by atoms with Gasteiger partial charge in [-0.15, -0.1) is 0 Å². The van der Waals surface area contributed by atoms with Crippen molar-refractivity contribution < 1.29 is 48.0 Å². The topological polar surface area (TPSA) is 279 Å². The highest BCUT2D eigenvalue weighted by Gasteiger charge is 2.05. The second-order valence-electron chi connectivity index (χ2n) is 16.1. The minimum absolute atomic E-state index is 0.00439. The number of hydrogen-bond donors (Lipinski definition) is 9. The quantitative estimate of drug-likeness (QED) is 0.00693. The summed E-state index contributed by atoms with van der Waals surface area (Å²) in [7, 11) is 3.59. The van der Waals surface area contributed by atoms with E-state index in [1.807, 2.05) is 20.9 Å². The first-order valence-corrected chi connectivity index (χ1v) is 25.3. The van der Waals surface area contributed by atoms with Crippen molar-refractivity contribution in [1.29, 1.82) is 0 Å². The average Bonchev–Trinajstić information content (AvgIpc) is 3.32. The van der Waals surface area contributed by atoms with Crippen LogP contribution in [-0.4, -0.2) is 140 Å². The van der Waals surface area contributed by atoms with E-state index in [1.165, 1.54) is 70.6 Å². The normalized spacial score (nSPS) is 10.9. The van der Waals surface area contributed by atoms with Gasteiger partial charge in [0.1, 0.15) is 31.6 Å². The van der Waals surface area contributed by atoms with Crippen molar-refractivity contribution in [2.45, 2.75) is 169 Å². The van der Waals surface area contributed by atoms with Crippen molar-refractivity contribution in [2.24, 2.45) is 22.7 Å². The van der Waals surface area contributed by atoms with Crippen molar-refractivity contribution >= 4 is 36.1 Å². The van der Waals surface area contributed by atoms with E-state index in [-0.39, 0.29) is 50.2 Å². The van der Waals surface area contributed by atoms with Gasteiger partial charge in [-0.05, 0) is 65.1 Å². The minimum Gasteiger partial charge on any atom is -0.516 e. The summed E-state index contributed by atoms with van der Waals surface area (Å²) >= 11 is 0. The Morgan fingerprint density at radius 1 is 0.603 bits per heavy atom. The highest BCUT2D eigenvalue weighted by molar-refractivity contribution is 5.81. The third-order valence-corrected chi connectivity index (χ3v) is 9.04. The maximum absolute atomic E-state index is 11.7. The van der Waals surface area contributed by atoms with Gasteiger partial charge in [-0.1, -0.05) is 112 Å². The minimum atomic E-state index is -0.252. The van der Waals surface area contributed by atoms with E-state index >= 15 is 0 Å². The zero-order valence-corrected chi connectivity index (χ0v) is 43.9. The average molecular weight is 978 g/mol. The van der Waals surface area contributed by atoms with Crippen molar-refractivity contribution in [2.75, 3.05) is 93.1 Å². The van der Waals surface area contributed by atoms with Crippen LogP contribution in [0.4, 0.5) is 0 Å². The van der Waals surface area contributed by atoms with E-state index in [1.54, 1.807) is 7.05 Å². The van der Waals surface area contributed by atoms with Gasteiger partial charge in [-0.25, -0.2) is 5.84 Å². The molecule has 0 spiro atoms. The first kappa shape index (κ1) is 73.2. The molecule has 11 N–H and O–H groups in total. The first-order chi connectivity index (χ1) is 33.0. The predicted octanol–water partition coefficient (Wildman–Crippen LogP) is 5.51. The van der Waals surface area contributed by atoms with E-state index in [4.69, 9.17) is 35.7 Å². The highest BCUT2D eigenvalue weighted by atomic mass is 16.5. The third kappa shape index (κ3) is 73.8. The van der Waals surface area contributed by atoms with E-state index < -0.39 is 0 Å². The SMILES string of the molecule is C=CO.CC.CC(C)C.CNCCCC(=O)NCCOCCOCC(=O)NCCOCCOCC(=O)NCCCCC(C=O)NC.N/N=C(/CCCCCCCCCCCCCCCC=O)NN. The first-order valence-electron chi connectivity index (χ1n) is 25.3. The number of amidine groups is 1.